The number of carbonyl (C=O) groups is 2. The van der Waals surface area contributed by atoms with Crippen molar-refractivity contribution >= 4 is 11.9 Å². The monoisotopic (exact) mass is 341 g/mol. The summed E-state index contributed by atoms with van der Waals surface area (Å²) in [5, 5.41) is 0. The largest absolute Gasteiger partial charge is 0.460 e. The van der Waals surface area contributed by atoms with E-state index >= 15 is 0 Å². The minimum Gasteiger partial charge on any atom is -0.460 e. The number of rotatable bonds is 5. The highest BCUT2D eigenvalue weighted by Gasteiger charge is 2.67. The van der Waals surface area contributed by atoms with Crippen LogP contribution in [0.25, 0.3) is 0 Å². The number of hydrogen-bond acceptors (Lipinski definition) is 4. The number of amides is 1. The summed E-state index contributed by atoms with van der Waals surface area (Å²) in [4.78, 5) is 27.6. The first-order valence-corrected chi connectivity index (χ1v) is 8.94. The Kier molecular flexibility index (Phi) is 3.91. The quantitative estimate of drug-likeness (QED) is 0.609. The van der Waals surface area contributed by atoms with E-state index in [9.17, 15) is 9.59 Å². The zero-order valence-electron chi connectivity index (χ0n) is 14.6. The molecule has 4 rings (SSSR count). The molecule has 0 radical (unpaired) electrons. The lowest BCUT2D eigenvalue weighted by molar-refractivity contribution is -0.155. The first-order valence-electron chi connectivity index (χ1n) is 8.94. The molecule has 132 valence electrons. The van der Waals surface area contributed by atoms with Crippen LogP contribution in [0, 0.1) is 11.8 Å². The number of ether oxygens (including phenoxy) is 2. The average Bonchev–Trinajstić information content (AvgIpc) is 3.28. The van der Waals surface area contributed by atoms with Crippen LogP contribution in [0.3, 0.4) is 0 Å². The topological polar surface area (TPSA) is 55.8 Å². The molecule has 0 saturated carbocycles. The van der Waals surface area contributed by atoms with Gasteiger partial charge in [0, 0.05) is 6.04 Å². The maximum absolute atomic E-state index is 13.0. The van der Waals surface area contributed by atoms with Crippen LogP contribution in [0.5, 0.6) is 0 Å². The van der Waals surface area contributed by atoms with Crippen molar-refractivity contribution in [3.63, 3.8) is 0 Å². The SMILES string of the molecule is CC[C@@H](C)N1C[C@@]23C=C[C@H](O2)[C@H](C(=O)OCc2ccccc2)[C@@H]3C1=O. The fraction of sp³-hybridized carbons (Fsp3) is 0.500. The van der Waals surface area contributed by atoms with Crippen LogP contribution in [-0.4, -0.2) is 41.1 Å². The van der Waals surface area contributed by atoms with Crippen molar-refractivity contribution in [2.24, 2.45) is 11.8 Å². The minimum atomic E-state index is -0.651. The number of nitrogens with zero attached hydrogens (tertiary/aromatic N) is 1. The predicted molar refractivity (Wildman–Crippen MR) is 91.4 cm³/mol. The van der Waals surface area contributed by atoms with E-state index in [1.54, 1.807) is 0 Å². The highest BCUT2D eigenvalue weighted by atomic mass is 16.6. The molecule has 3 aliphatic rings. The third-order valence-corrected chi connectivity index (χ3v) is 5.75. The Morgan fingerprint density at radius 2 is 2.16 bits per heavy atom. The Morgan fingerprint density at radius 1 is 1.40 bits per heavy atom. The van der Waals surface area contributed by atoms with E-state index in [1.165, 1.54) is 0 Å². The lowest BCUT2D eigenvalue weighted by Crippen LogP contribution is -2.41. The maximum Gasteiger partial charge on any atom is 0.313 e. The predicted octanol–water partition coefficient (Wildman–Crippen LogP) is 2.31. The number of hydrogen-bond donors (Lipinski definition) is 0. The molecule has 1 amide bonds. The summed E-state index contributed by atoms with van der Waals surface area (Å²) in [6.07, 6.45) is 4.42. The molecular weight excluding hydrogens is 318 g/mol. The molecule has 5 heteroatoms. The molecule has 3 heterocycles. The fourth-order valence-electron chi connectivity index (χ4n) is 4.22. The Labute approximate surface area is 147 Å². The van der Waals surface area contributed by atoms with Crippen LogP contribution in [0.2, 0.25) is 0 Å². The second-order valence-electron chi connectivity index (χ2n) is 7.22. The van der Waals surface area contributed by atoms with Gasteiger partial charge in [0.05, 0.1) is 18.6 Å². The van der Waals surface area contributed by atoms with Crippen molar-refractivity contribution in [3.8, 4) is 0 Å². The summed E-state index contributed by atoms with van der Waals surface area (Å²) in [5.74, 6) is -1.33. The van der Waals surface area contributed by atoms with E-state index in [4.69, 9.17) is 9.47 Å². The lowest BCUT2D eigenvalue weighted by Gasteiger charge is -2.26. The van der Waals surface area contributed by atoms with Crippen LogP contribution in [-0.2, 0) is 25.7 Å². The van der Waals surface area contributed by atoms with Crippen molar-refractivity contribution in [3.05, 3.63) is 48.0 Å². The molecule has 5 nitrogen and oxygen atoms in total. The zero-order chi connectivity index (χ0) is 17.6. The molecule has 2 saturated heterocycles. The molecule has 3 aliphatic heterocycles. The van der Waals surface area contributed by atoms with Crippen molar-refractivity contribution in [2.75, 3.05) is 6.54 Å². The van der Waals surface area contributed by atoms with Crippen LogP contribution in [0.15, 0.2) is 42.5 Å². The van der Waals surface area contributed by atoms with E-state index in [1.807, 2.05) is 54.3 Å². The second-order valence-corrected chi connectivity index (χ2v) is 7.22. The Bertz CT molecular complexity index is 716. The lowest BCUT2D eigenvalue weighted by atomic mass is 9.77. The van der Waals surface area contributed by atoms with Crippen molar-refractivity contribution in [2.45, 2.75) is 44.6 Å². The second kappa shape index (κ2) is 5.99. The van der Waals surface area contributed by atoms with Gasteiger partial charge in [-0.2, -0.15) is 0 Å². The van der Waals surface area contributed by atoms with Gasteiger partial charge in [0.2, 0.25) is 5.91 Å². The third-order valence-electron chi connectivity index (χ3n) is 5.75. The number of carbonyl (C=O) groups excluding carboxylic acids is 2. The van der Waals surface area contributed by atoms with Gasteiger partial charge in [-0.25, -0.2) is 0 Å². The van der Waals surface area contributed by atoms with E-state index in [2.05, 4.69) is 6.92 Å². The molecule has 2 bridgehead atoms. The molecule has 1 spiro atoms. The van der Waals surface area contributed by atoms with Gasteiger partial charge >= 0.3 is 5.97 Å². The first kappa shape index (κ1) is 16.3. The Hall–Kier alpha value is -2.14. The zero-order valence-corrected chi connectivity index (χ0v) is 14.6. The molecule has 1 aromatic carbocycles. The number of likely N-dealkylation sites (tertiary alicyclic amines) is 1. The van der Waals surface area contributed by atoms with Gasteiger partial charge in [0.25, 0.3) is 0 Å². The summed E-state index contributed by atoms with van der Waals surface area (Å²) in [7, 11) is 0. The summed E-state index contributed by atoms with van der Waals surface area (Å²) in [6, 6.07) is 9.71. The average molecular weight is 341 g/mol. The summed E-state index contributed by atoms with van der Waals surface area (Å²) in [5.41, 5.74) is 0.283. The maximum atomic E-state index is 13.0. The summed E-state index contributed by atoms with van der Waals surface area (Å²) >= 11 is 0. The van der Waals surface area contributed by atoms with Gasteiger partial charge < -0.3 is 14.4 Å². The smallest absolute Gasteiger partial charge is 0.313 e. The first-order chi connectivity index (χ1) is 12.1. The van der Waals surface area contributed by atoms with Gasteiger partial charge in [-0.15, -0.1) is 0 Å². The molecule has 5 atom stereocenters. The summed E-state index contributed by atoms with van der Waals surface area (Å²) in [6.45, 7) is 4.84. The van der Waals surface area contributed by atoms with Crippen LogP contribution in [0.4, 0.5) is 0 Å². The van der Waals surface area contributed by atoms with Gasteiger partial charge in [0.1, 0.15) is 18.1 Å². The van der Waals surface area contributed by atoms with Crippen molar-refractivity contribution in [1.29, 1.82) is 0 Å². The highest BCUT2D eigenvalue weighted by Crippen LogP contribution is 2.52. The Morgan fingerprint density at radius 3 is 2.88 bits per heavy atom. The molecule has 25 heavy (non-hydrogen) atoms. The Balaban J connectivity index is 1.52. The van der Waals surface area contributed by atoms with Gasteiger partial charge in [-0.1, -0.05) is 49.4 Å². The van der Waals surface area contributed by atoms with Crippen LogP contribution < -0.4 is 0 Å². The molecule has 0 aromatic heterocycles. The molecular formula is C20H23NO4. The van der Waals surface area contributed by atoms with Crippen molar-refractivity contribution in [1.82, 2.24) is 4.90 Å². The third kappa shape index (κ3) is 2.49. The molecule has 1 aromatic rings. The molecule has 0 unspecified atom stereocenters. The van der Waals surface area contributed by atoms with Crippen LogP contribution >= 0.6 is 0 Å². The number of benzene rings is 1. The highest BCUT2D eigenvalue weighted by molar-refractivity contribution is 5.91. The van der Waals surface area contributed by atoms with E-state index in [-0.39, 0.29) is 30.6 Å². The van der Waals surface area contributed by atoms with E-state index < -0.39 is 17.4 Å². The van der Waals surface area contributed by atoms with E-state index in [0.717, 1.165) is 12.0 Å². The standard InChI is InChI=1S/C20H23NO4/c1-3-13(2)21-12-20-10-9-15(25-20)16(17(20)18(21)22)19(23)24-11-14-7-5-4-6-8-14/h4-10,13,15-17H,3,11-12H2,1-2H3/t13-,15+,16+,17-,20-/m1/s1. The summed E-state index contributed by atoms with van der Waals surface area (Å²) < 4.78 is 11.6. The number of esters is 1. The minimum absolute atomic E-state index is 0.0165. The molecule has 2 fully saturated rings. The van der Waals surface area contributed by atoms with Crippen molar-refractivity contribution < 1.29 is 19.1 Å². The van der Waals surface area contributed by atoms with E-state index in [0.29, 0.717) is 6.54 Å². The fourth-order valence-corrected chi connectivity index (χ4v) is 4.22. The van der Waals surface area contributed by atoms with Crippen LogP contribution in [0.1, 0.15) is 25.8 Å². The van der Waals surface area contributed by atoms with Gasteiger partial charge in [-0.3, -0.25) is 9.59 Å². The molecule has 0 N–H and O–H groups in total. The van der Waals surface area contributed by atoms with Gasteiger partial charge in [-0.05, 0) is 18.9 Å². The normalized spacial score (nSPS) is 33.6. The van der Waals surface area contributed by atoms with Gasteiger partial charge in [0.15, 0.2) is 0 Å². The molecule has 0 aliphatic carbocycles. The number of fused-ring (bicyclic) bond motifs is 1.